The van der Waals surface area contributed by atoms with Crippen LogP contribution in [0.25, 0.3) is 11.3 Å². The van der Waals surface area contributed by atoms with Crippen molar-refractivity contribution in [1.29, 1.82) is 0 Å². The van der Waals surface area contributed by atoms with Crippen LogP contribution in [-0.2, 0) is 6.54 Å². The molecule has 1 aliphatic heterocycles. The number of ether oxygens (including phenoxy) is 1. The molecule has 6 nitrogen and oxygen atoms in total. The molecule has 0 aliphatic carbocycles. The Kier molecular flexibility index (Phi) is 4.73. The van der Waals surface area contributed by atoms with Gasteiger partial charge in [0.05, 0.1) is 18.9 Å². The van der Waals surface area contributed by atoms with Crippen molar-refractivity contribution in [3.63, 3.8) is 0 Å². The Morgan fingerprint density at radius 2 is 2.07 bits per heavy atom. The van der Waals surface area contributed by atoms with E-state index in [1.807, 2.05) is 42.5 Å². The van der Waals surface area contributed by atoms with Gasteiger partial charge in [-0.05, 0) is 23.8 Å². The fraction of sp³-hybridized carbons (Fsp3) is 0.200. The van der Waals surface area contributed by atoms with Crippen molar-refractivity contribution in [2.24, 2.45) is 0 Å². The van der Waals surface area contributed by atoms with Crippen LogP contribution >= 0.6 is 11.6 Å². The number of hydrogen-bond acceptors (Lipinski definition) is 4. The van der Waals surface area contributed by atoms with Crippen LogP contribution < -0.4 is 9.64 Å². The number of anilines is 1. The monoisotopic (exact) mass is 383 g/mol. The predicted octanol–water partition coefficient (Wildman–Crippen LogP) is 4.45. The number of carbonyl (C=O) groups excluding carboxylic acids is 1. The molecular weight excluding hydrogens is 366 g/mol. The number of carbonyl (C=O) groups is 1. The zero-order valence-electron chi connectivity index (χ0n) is 14.8. The maximum atomic E-state index is 12.9. The minimum Gasteiger partial charge on any atom is -0.496 e. The lowest BCUT2D eigenvalue weighted by Crippen LogP contribution is -2.31. The zero-order chi connectivity index (χ0) is 18.8. The van der Waals surface area contributed by atoms with Crippen LogP contribution in [0.2, 0.25) is 5.02 Å². The third kappa shape index (κ3) is 3.36. The van der Waals surface area contributed by atoms with Crippen LogP contribution in [0.15, 0.2) is 59.5 Å². The first-order valence-corrected chi connectivity index (χ1v) is 8.92. The molecule has 1 aliphatic rings. The lowest BCUT2D eigenvalue weighted by molar-refractivity contribution is 0.219. The average Bonchev–Trinajstić information content (AvgIpc) is 3.34. The fourth-order valence-corrected chi connectivity index (χ4v) is 3.40. The van der Waals surface area contributed by atoms with Crippen LogP contribution in [0, 0.1) is 0 Å². The second kappa shape index (κ2) is 7.32. The fourth-order valence-electron chi connectivity index (χ4n) is 3.20. The van der Waals surface area contributed by atoms with Gasteiger partial charge >= 0.3 is 6.03 Å². The molecule has 0 unspecified atom stereocenters. The third-order valence-electron chi connectivity index (χ3n) is 4.61. The number of halogens is 1. The minimum absolute atomic E-state index is 0.0515. The third-order valence-corrected chi connectivity index (χ3v) is 4.98. The maximum absolute atomic E-state index is 12.9. The molecule has 0 radical (unpaired) electrons. The van der Waals surface area contributed by atoms with Gasteiger partial charge in [0.2, 0.25) is 0 Å². The number of rotatable bonds is 5. The van der Waals surface area contributed by atoms with Crippen molar-refractivity contribution < 1.29 is 13.9 Å². The zero-order valence-corrected chi connectivity index (χ0v) is 15.5. The van der Waals surface area contributed by atoms with E-state index in [0.29, 0.717) is 36.2 Å². The summed E-state index contributed by atoms with van der Waals surface area (Å²) in [4.78, 5) is 20.3. The van der Waals surface area contributed by atoms with Crippen molar-refractivity contribution in [3.05, 3.63) is 65.6 Å². The van der Waals surface area contributed by atoms with Gasteiger partial charge in [0, 0.05) is 36.4 Å². The first-order valence-electron chi connectivity index (χ1n) is 8.54. The lowest BCUT2D eigenvalue weighted by Gasteiger charge is -2.20. The number of nitrogens with zero attached hydrogens (tertiary/aromatic N) is 3. The highest BCUT2D eigenvalue weighted by Gasteiger charge is 2.30. The standard InChI is InChI=1S/C20H18ClN3O3/c1-26-18-10-15(6-7-16(18)19-11-22-13-27-19)24-9-8-23(20(24)25)12-14-4-2-3-5-17(14)21/h2-7,10-11,13H,8-9,12H2,1H3. The Hall–Kier alpha value is -2.99. The van der Waals surface area contributed by atoms with Gasteiger partial charge in [-0.25, -0.2) is 9.78 Å². The summed E-state index contributed by atoms with van der Waals surface area (Å²) in [7, 11) is 1.59. The Labute approximate surface area is 161 Å². The summed E-state index contributed by atoms with van der Waals surface area (Å²) in [5.41, 5.74) is 2.51. The predicted molar refractivity (Wildman–Crippen MR) is 103 cm³/mol. The summed E-state index contributed by atoms with van der Waals surface area (Å²) in [6, 6.07) is 13.1. The number of hydrogen-bond donors (Lipinski definition) is 0. The largest absolute Gasteiger partial charge is 0.496 e. The first-order chi connectivity index (χ1) is 13.2. The molecule has 1 aromatic heterocycles. The molecule has 2 aromatic carbocycles. The molecule has 2 heterocycles. The molecule has 1 saturated heterocycles. The van der Waals surface area contributed by atoms with Gasteiger partial charge < -0.3 is 14.1 Å². The average molecular weight is 384 g/mol. The van der Waals surface area contributed by atoms with Gasteiger partial charge in [0.15, 0.2) is 12.2 Å². The van der Waals surface area contributed by atoms with Gasteiger partial charge in [0.25, 0.3) is 0 Å². The molecule has 0 bridgehead atoms. The molecule has 4 rings (SSSR count). The van der Waals surface area contributed by atoms with E-state index >= 15 is 0 Å². The Morgan fingerprint density at radius 1 is 1.22 bits per heavy atom. The van der Waals surface area contributed by atoms with Crippen molar-refractivity contribution >= 4 is 23.3 Å². The molecule has 2 amide bonds. The number of oxazole rings is 1. The van der Waals surface area contributed by atoms with Crippen LogP contribution in [0.5, 0.6) is 5.75 Å². The summed E-state index contributed by atoms with van der Waals surface area (Å²) < 4.78 is 10.8. The molecule has 0 spiro atoms. The normalized spacial score (nSPS) is 14.1. The van der Waals surface area contributed by atoms with Crippen LogP contribution in [0.4, 0.5) is 10.5 Å². The summed E-state index contributed by atoms with van der Waals surface area (Å²) in [5.74, 6) is 1.24. The molecule has 0 N–H and O–H groups in total. The SMILES string of the molecule is COc1cc(N2CCN(Cc3ccccc3Cl)C2=O)ccc1-c1cnco1. The van der Waals surface area contributed by atoms with Crippen molar-refractivity contribution in [3.8, 4) is 17.1 Å². The van der Waals surface area contributed by atoms with E-state index in [2.05, 4.69) is 4.98 Å². The lowest BCUT2D eigenvalue weighted by atomic mass is 10.1. The number of aromatic nitrogens is 1. The van der Waals surface area contributed by atoms with Gasteiger partial charge in [-0.2, -0.15) is 0 Å². The van der Waals surface area contributed by atoms with Gasteiger partial charge in [-0.15, -0.1) is 0 Å². The summed E-state index contributed by atoms with van der Waals surface area (Å²) >= 11 is 6.23. The second-order valence-electron chi connectivity index (χ2n) is 6.20. The summed E-state index contributed by atoms with van der Waals surface area (Å²) in [6.07, 6.45) is 3.00. The smallest absolute Gasteiger partial charge is 0.324 e. The highest BCUT2D eigenvalue weighted by atomic mass is 35.5. The maximum Gasteiger partial charge on any atom is 0.324 e. The van der Waals surface area contributed by atoms with E-state index in [0.717, 1.165) is 16.8 Å². The Bertz CT molecular complexity index is 959. The molecule has 7 heteroatoms. The Morgan fingerprint density at radius 3 is 2.81 bits per heavy atom. The van der Waals surface area contributed by atoms with Crippen molar-refractivity contribution in [2.75, 3.05) is 25.1 Å². The van der Waals surface area contributed by atoms with E-state index < -0.39 is 0 Å². The minimum atomic E-state index is -0.0515. The van der Waals surface area contributed by atoms with Crippen LogP contribution in [0.3, 0.4) is 0 Å². The topological polar surface area (TPSA) is 58.8 Å². The van der Waals surface area contributed by atoms with E-state index in [1.54, 1.807) is 23.1 Å². The van der Waals surface area contributed by atoms with Crippen LogP contribution in [-0.4, -0.2) is 36.1 Å². The van der Waals surface area contributed by atoms with E-state index in [4.69, 9.17) is 20.8 Å². The molecule has 3 aromatic rings. The van der Waals surface area contributed by atoms with Gasteiger partial charge in [0.1, 0.15) is 5.75 Å². The number of benzene rings is 2. The van der Waals surface area contributed by atoms with E-state index in [-0.39, 0.29) is 6.03 Å². The van der Waals surface area contributed by atoms with E-state index in [9.17, 15) is 4.79 Å². The molecular formula is C20H18ClN3O3. The highest BCUT2D eigenvalue weighted by Crippen LogP contribution is 2.34. The Balaban J connectivity index is 1.56. The molecule has 1 fully saturated rings. The molecule has 138 valence electrons. The van der Waals surface area contributed by atoms with Crippen molar-refractivity contribution in [2.45, 2.75) is 6.54 Å². The van der Waals surface area contributed by atoms with E-state index in [1.165, 1.54) is 6.39 Å². The number of amides is 2. The van der Waals surface area contributed by atoms with Gasteiger partial charge in [-0.1, -0.05) is 29.8 Å². The van der Waals surface area contributed by atoms with Gasteiger partial charge in [-0.3, -0.25) is 4.90 Å². The van der Waals surface area contributed by atoms with Crippen molar-refractivity contribution in [1.82, 2.24) is 9.88 Å². The molecule has 0 saturated carbocycles. The summed E-state index contributed by atoms with van der Waals surface area (Å²) in [6.45, 7) is 1.73. The van der Waals surface area contributed by atoms with Crippen LogP contribution in [0.1, 0.15) is 5.56 Å². The highest BCUT2D eigenvalue weighted by molar-refractivity contribution is 6.31. The quantitative estimate of drug-likeness (QED) is 0.653. The molecule has 0 atom stereocenters. The first kappa shape index (κ1) is 17.4. The second-order valence-corrected chi connectivity index (χ2v) is 6.60. The number of methoxy groups -OCH3 is 1. The number of urea groups is 1. The molecule has 27 heavy (non-hydrogen) atoms. The summed E-state index contributed by atoms with van der Waals surface area (Å²) in [5, 5.41) is 0.668.